The Morgan fingerprint density at radius 1 is 0.800 bits per heavy atom. The Hall–Kier alpha value is -4.98. The van der Waals surface area contributed by atoms with Crippen molar-refractivity contribution in [2.45, 2.75) is 19.0 Å². The highest BCUT2D eigenvalue weighted by Gasteiger charge is 2.33. The van der Waals surface area contributed by atoms with E-state index < -0.39 is 6.04 Å². The van der Waals surface area contributed by atoms with Crippen molar-refractivity contribution in [3.8, 4) is 23.0 Å². The molecule has 4 aromatic rings. The summed E-state index contributed by atoms with van der Waals surface area (Å²) in [5.74, 6) is 1.93. The third-order valence-electron chi connectivity index (χ3n) is 6.66. The van der Waals surface area contributed by atoms with Crippen LogP contribution in [0.15, 0.2) is 97.1 Å². The van der Waals surface area contributed by atoms with Crippen molar-refractivity contribution in [2.75, 3.05) is 26.3 Å². The van der Waals surface area contributed by atoms with Gasteiger partial charge >= 0.3 is 0 Å². The van der Waals surface area contributed by atoms with Crippen LogP contribution in [0, 0.1) is 0 Å². The van der Waals surface area contributed by atoms with E-state index in [1.807, 2.05) is 54.6 Å². The van der Waals surface area contributed by atoms with E-state index in [1.54, 1.807) is 61.6 Å². The number of nitrogens with zero attached hydrogens (tertiary/aromatic N) is 1. The lowest BCUT2D eigenvalue weighted by Gasteiger charge is -2.32. The third kappa shape index (κ3) is 6.18. The van der Waals surface area contributed by atoms with Gasteiger partial charge in [0.25, 0.3) is 5.91 Å². The van der Waals surface area contributed by atoms with Crippen molar-refractivity contribution < 1.29 is 28.5 Å². The number of ether oxygens (including phenoxy) is 4. The molecule has 1 N–H and O–H groups in total. The lowest BCUT2D eigenvalue weighted by molar-refractivity contribution is -0.139. The second kappa shape index (κ2) is 12.3. The molecule has 5 rings (SSSR count). The van der Waals surface area contributed by atoms with Gasteiger partial charge in [0.1, 0.15) is 17.5 Å². The molecule has 1 unspecified atom stereocenters. The molecule has 1 atom stereocenters. The molecule has 1 aliphatic rings. The van der Waals surface area contributed by atoms with Gasteiger partial charge in [0, 0.05) is 12.2 Å². The van der Waals surface area contributed by atoms with Crippen molar-refractivity contribution in [3.05, 3.63) is 114 Å². The lowest BCUT2D eigenvalue weighted by Crippen LogP contribution is -2.41. The van der Waals surface area contributed by atoms with Crippen LogP contribution in [0.1, 0.15) is 22.7 Å². The van der Waals surface area contributed by atoms with Crippen LogP contribution in [-0.4, -0.2) is 37.7 Å². The van der Waals surface area contributed by atoms with Gasteiger partial charge in [-0.25, -0.2) is 0 Å². The molecule has 1 heterocycles. The first-order valence-corrected chi connectivity index (χ1v) is 12.8. The maximum atomic E-state index is 14.0. The SMILES string of the molecule is COc1ccc(CN(C(=O)Cc2ccccc2)C(C(=O)Nc2ccc(OC)cc2)c2ccc3c(c2)OCO3)cc1. The zero-order chi connectivity index (χ0) is 27.9. The molecule has 204 valence electrons. The van der Waals surface area contributed by atoms with Crippen molar-refractivity contribution in [2.24, 2.45) is 0 Å². The Bertz CT molecular complexity index is 1460. The molecule has 40 heavy (non-hydrogen) atoms. The molecule has 8 heteroatoms. The number of rotatable bonds is 10. The van der Waals surface area contributed by atoms with Gasteiger partial charge in [-0.1, -0.05) is 48.5 Å². The van der Waals surface area contributed by atoms with E-state index in [0.29, 0.717) is 34.2 Å². The summed E-state index contributed by atoms with van der Waals surface area (Å²) in [7, 11) is 3.18. The third-order valence-corrected chi connectivity index (χ3v) is 6.66. The van der Waals surface area contributed by atoms with Crippen molar-refractivity contribution in [3.63, 3.8) is 0 Å². The molecule has 0 fully saturated rings. The Morgan fingerprint density at radius 3 is 2.12 bits per heavy atom. The van der Waals surface area contributed by atoms with Gasteiger partial charge in [0.15, 0.2) is 11.5 Å². The highest BCUT2D eigenvalue weighted by Crippen LogP contribution is 2.37. The van der Waals surface area contributed by atoms with Gasteiger partial charge in [-0.05, 0) is 65.2 Å². The fourth-order valence-electron chi connectivity index (χ4n) is 4.56. The Morgan fingerprint density at radius 2 is 1.45 bits per heavy atom. The van der Waals surface area contributed by atoms with Gasteiger partial charge in [0.2, 0.25) is 12.7 Å². The maximum Gasteiger partial charge on any atom is 0.251 e. The predicted octanol–water partition coefficient (Wildman–Crippen LogP) is 5.38. The summed E-state index contributed by atoms with van der Waals surface area (Å²) in [6, 6.07) is 28.3. The minimum Gasteiger partial charge on any atom is -0.497 e. The van der Waals surface area contributed by atoms with E-state index in [0.717, 1.165) is 11.1 Å². The van der Waals surface area contributed by atoms with Crippen LogP contribution < -0.4 is 24.3 Å². The Kier molecular flexibility index (Phi) is 8.15. The minimum atomic E-state index is -0.963. The molecular formula is C32H30N2O6. The molecule has 1 aliphatic heterocycles. The molecule has 8 nitrogen and oxygen atoms in total. The topological polar surface area (TPSA) is 86.3 Å². The number of anilines is 1. The van der Waals surface area contributed by atoms with Crippen LogP contribution >= 0.6 is 0 Å². The van der Waals surface area contributed by atoms with Gasteiger partial charge in [-0.15, -0.1) is 0 Å². The molecule has 0 radical (unpaired) electrons. The highest BCUT2D eigenvalue weighted by atomic mass is 16.7. The quantitative estimate of drug-likeness (QED) is 0.292. The lowest BCUT2D eigenvalue weighted by atomic mass is 10.0. The fourth-order valence-corrected chi connectivity index (χ4v) is 4.56. The molecule has 0 saturated heterocycles. The molecule has 0 spiro atoms. The summed E-state index contributed by atoms with van der Waals surface area (Å²) in [5.41, 5.74) is 2.89. The van der Waals surface area contributed by atoms with Crippen molar-refractivity contribution in [1.29, 1.82) is 0 Å². The number of carbonyl (C=O) groups is 2. The fraction of sp³-hybridized carbons (Fsp3) is 0.188. The zero-order valence-corrected chi connectivity index (χ0v) is 22.3. The predicted molar refractivity (Wildman–Crippen MR) is 151 cm³/mol. The van der Waals surface area contributed by atoms with Crippen LogP contribution in [0.3, 0.4) is 0 Å². The largest absolute Gasteiger partial charge is 0.497 e. The number of amides is 2. The van der Waals surface area contributed by atoms with E-state index >= 15 is 0 Å². The monoisotopic (exact) mass is 538 g/mol. The number of nitrogens with one attached hydrogen (secondary N) is 1. The molecule has 0 saturated carbocycles. The van der Waals surface area contributed by atoms with Crippen LogP contribution in [0.5, 0.6) is 23.0 Å². The summed E-state index contributed by atoms with van der Waals surface area (Å²) < 4.78 is 21.6. The maximum absolute atomic E-state index is 14.0. The summed E-state index contributed by atoms with van der Waals surface area (Å²) in [6.45, 7) is 0.300. The van der Waals surface area contributed by atoms with Crippen LogP contribution in [0.25, 0.3) is 0 Å². The number of hydrogen-bond acceptors (Lipinski definition) is 6. The smallest absolute Gasteiger partial charge is 0.251 e. The number of benzene rings is 4. The van der Waals surface area contributed by atoms with Gasteiger partial charge in [-0.3, -0.25) is 9.59 Å². The number of carbonyl (C=O) groups excluding carboxylic acids is 2. The van der Waals surface area contributed by atoms with Gasteiger partial charge in [-0.2, -0.15) is 0 Å². The highest BCUT2D eigenvalue weighted by molar-refractivity contribution is 5.98. The molecular weight excluding hydrogens is 508 g/mol. The van der Waals surface area contributed by atoms with E-state index in [4.69, 9.17) is 18.9 Å². The van der Waals surface area contributed by atoms with Crippen molar-refractivity contribution in [1.82, 2.24) is 4.90 Å². The normalized spacial score (nSPS) is 12.3. The summed E-state index contributed by atoms with van der Waals surface area (Å²) in [5, 5.41) is 2.98. The van der Waals surface area contributed by atoms with E-state index in [-0.39, 0.29) is 31.6 Å². The second-order valence-corrected chi connectivity index (χ2v) is 9.27. The average molecular weight is 539 g/mol. The molecule has 4 aromatic carbocycles. The van der Waals surface area contributed by atoms with Crippen LogP contribution in [0.2, 0.25) is 0 Å². The Balaban J connectivity index is 1.54. The summed E-state index contributed by atoms with van der Waals surface area (Å²) >= 11 is 0. The summed E-state index contributed by atoms with van der Waals surface area (Å²) in [6.07, 6.45) is 0.133. The zero-order valence-electron chi connectivity index (χ0n) is 22.3. The molecule has 0 aliphatic carbocycles. The number of methoxy groups -OCH3 is 2. The van der Waals surface area contributed by atoms with E-state index in [2.05, 4.69) is 5.32 Å². The molecule has 0 bridgehead atoms. The molecule has 0 aromatic heterocycles. The average Bonchev–Trinajstić information content (AvgIpc) is 3.46. The second-order valence-electron chi connectivity index (χ2n) is 9.27. The van der Waals surface area contributed by atoms with Gasteiger partial charge in [0.05, 0.1) is 20.6 Å². The number of fused-ring (bicyclic) bond motifs is 1. The van der Waals surface area contributed by atoms with Crippen LogP contribution in [-0.2, 0) is 22.6 Å². The first-order chi connectivity index (χ1) is 19.5. The molecule has 2 amide bonds. The summed E-state index contributed by atoms with van der Waals surface area (Å²) in [4.78, 5) is 29.6. The van der Waals surface area contributed by atoms with E-state index in [9.17, 15) is 9.59 Å². The standard InChI is InChI=1S/C32H30N2O6/c1-37-26-13-8-23(9-14-26)20-34(30(35)18-22-6-4-3-5-7-22)31(24-10-17-28-29(19-24)40-21-39-28)32(36)33-25-11-15-27(38-2)16-12-25/h3-17,19,31H,18,20-21H2,1-2H3,(H,33,36). The minimum absolute atomic E-state index is 0.101. The first-order valence-electron chi connectivity index (χ1n) is 12.8. The van der Waals surface area contributed by atoms with E-state index in [1.165, 1.54) is 0 Å². The number of hydrogen-bond donors (Lipinski definition) is 1. The van der Waals surface area contributed by atoms with Crippen LogP contribution in [0.4, 0.5) is 5.69 Å². The van der Waals surface area contributed by atoms with Crippen molar-refractivity contribution >= 4 is 17.5 Å². The van der Waals surface area contributed by atoms with Gasteiger partial charge < -0.3 is 29.2 Å². The first kappa shape index (κ1) is 26.6. The Labute approximate surface area is 233 Å².